The highest BCUT2D eigenvalue weighted by Crippen LogP contribution is 2.09. The van der Waals surface area contributed by atoms with Crippen molar-refractivity contribution in [1.29, 1.82) is 0 Å². The summed E-state index contributed by atoms with van der Waals surface area (Å²) in [5.41, 5.74) is 2.39. The Bertz CT molecular complexity index is 238. The van der Waals surface area contributed by atoms with Crippen molar-refractivity contribution in [3.05, 3.63) is 35.4 Å². The summed E-state index contributed by atoms with van der Waals surface area (Å²) < 4.78 is 0. The first-order chi connectivity index (χ1) is 6.86. The number of aryl methyl sites for hydroxylation is 1. The number of unbranched alkanes of at least 4 members (excludes halogenated alkanes) is 3. The first-order valence-electron chi connectivity index (χ1n) is 5.55. The van der Waals surface area contributed by atoms with Crippen LogP contribution in [0.3, 0.4) is 0 Å². The minimum Gasteiger partial charge on any atom is -0.392 e. The molecule has 0 aromatic heterocycles. The van der Waals surface area contributed by atoms with E-state index in [9.17, 15) is 0 Å². The maximum Gasteiger partial charge on any atom is 0.0681 e. The molecule has 1 aromatic rings. The minimum atomic E-state index is 0.149. The van der Waals surface area contributed by atoms with Gasteiger partial charge in [-0.2, -0.15) is 0 Å². The van der Waals surface area contributed by atoms with E-state index in [2.05, 4.69) is 19.1 Å². The smallest absolute Gasteiger partial charge is 0.0681 e. The highest BCUT2D eigenvalue weighted by Gasteiger charge is 1.94. The van der Waals surface area contributed by atoms with Crippen molar-refractivity contribution in [3.63, 3.8) is 0 Å². The third-order valence-electron chi connectivity index (χ3n) is 2.52. The Balaban J connectivity index is 2.29. The summed E-state index contributed by atoms with van der Waals surface area (Å²) in [7, 11) is 0. The van der Waals surface area contributed by atoms with Crippen molar-refractivity contribution < 1.29 is 5.11 Å². The van der Waals surface area contributed by atoms with Gasteiger partial charge in [0.15, 0.2) is 0 Å². The van der Waals surface area contributed by atoms with Crippen LogP contribution in [0.5, 0.6) is 0 Å². The van der Waals surface area contributed by atoms with Crippen molar-refractivity contribution >= 4 is 0 Å². The summed E-state index contributed by atoms with van der Waals surface area (Å²) in [6, 6.07) is 8.26. The van der Waals surface area contributed by atoms with Crippen molar-refractivity contribution in [3.8, 4) is 0 Å². The molecule has 1 heteroatoms. The predicted octanol–water partition coefficient (Wildman–Crippen LogP) is 3.30. The number of aliphatic hydroxyl groups is 1. The van der Waals surface area contributed by atoms with Crippen molar-refractivity contribution in [2.75, 3.05) is 0 Å². The van der Waals surface area contributed by atoms with E-state index >= 15 is 0 Å². The van der Waals surface area contributed by atoms with Gasteiger partial charge in [0.2, 0.25) is 0 Å². The number of aliphatic hydroxyl groups excluding tert-OH is 1. The second-order valence-electron chi connectivity index (χ2n) is 3.79. The number of benzene rings is 1. The molecule has 0 heterocycles. The quantitative estimate of drug-likeness (QED) is 0.686. The number of rotatable bonds is 6. The van der Waals surface area contributed by atoms with Crippen molar-refractivity contribution in [2.45, 2.75) is 45.6 Å². The highest BCUT2D eigenvalue weighted by atomic mass is 16.3. The van der Waals surface area contributed by atoms with Gasteiger partial charge >= 0.3 is 0 Å². The summed E-state index contributed by atoms with van der Waals surface area (Å²) in [4.78, 5) is 0. The Labute approximate surface area is 86.8 Å². The predicted molar refractivity (Wildman–Crippen MR) is 60.2 cm³/mol. The van der Waals surface area contributed by atoms with E-state index in [1.54, 1.807) is 0 Å². The molecule has 0 bridgehead atoms. The average Bonchev–Trinajstić information content (AvgIpc) is 2.25. The van der Waals surface area contributed by atoms with Crippen LogP contribution in [0.15, 0.2) is 24.3 Å². The maximum atomic E-state index is 8.87. The molecule has 0 unspecified atom stereocenters. The molecule has 0 fully saturated rings. The van der Waals surface area contributed by atoms with Crippen LogP contribution in [0.4, 0.5) is 0 Å². The Hall–Kier alpha value is -0.820. The summed E-state index contributed by atoms with van der Waals surface area (Å²) in [5.74, 6) is 0. The van der Waals surface area contributed by atoms with Crippen LogP contribution in [-0.4, -0.2) is 5.11 Å². The fourth-order valence-corrected chi connectivity index (χ4v) is 1.57. The molecular formula is C13H20O. The molecule has 0 saturated heterocycles. The van der Waals surface area contributed by atoms with Gasteiger partial charge in [-0.3, -0.25) is 0 Å². The zero-order chi connectivity index (χ0) is 10.2. The first kappa shape index (κ1) is 11.3. The van der Waals surface area contributed by atoms with Gasteiger partial charge < -0.3 is 5.11 Å². The van der Waals surface area contributed by atoms with Crippen LogP contribution in [0.25, 0.3) is 0 Å². The van der Waals surface area contributed by atoms with Gasteiger partial charge in [0, 0.05) is 0 Å². The lowest BCUT2D eigenvalue weighted by Crippen LogP contribution is -1.87. The molecule has 1 aromatic carbocycles. The van der Waals surface area contributed by atoms with E-state index in [-0.39, 0.29) is 6.61 Å². The molecule has 0 radical (unpaired) electrons. The molecular weight excluding hydrogens is 172 g/mol. The van der Waals surface area contributed by atoms with Crippen molar-refractivity contribution in [1.82, 2.24) is 0 Å². The summed E-state index contributed by atoms with van der Waals surface area (Å²) >= 11 is 0. The van der Waals surface area contributed by atoms with Gasteiger partial charge in [0.05, 0.1) is 6.61 Å². The Morgan fingerprint density at radius 2 is 1.57 bits per heavy atom. The monoisotopic (exact) mass is 192 g/mol. The van der Waals surface area contributed by atoms with E-state index in [1.165, 1.54) is 37.7 Å². The zero-order valence-corrected chi connectivity index (χ0v) is 9.00. The lowest BCUT2D eigenvalue weighted by molar-refractivity contribution is 0.282. The van der Waals surface area contributed by atoms with Crippen LogP contribution < -0.4 is 0 Å². The number of hydrogen-bond acceptors (Lipinski definition) is 1. The summed E-state index contributed by atoms with van der Waals surface area (Å²) in [6.45, 7) is 2.38. The van der Waals surface area contributed by atoms with Crippen LogP contribution >= 0.6 is 0 Å². The van der Waals surface area contributed by atoms with Crippen LogP contribution in [0.2, 0.25) is 0 Å². The molecule has 0 aliphatic carbocycles. The Morgan fingerprint density at radius 3 is 2.14 bits per heavy atom. The van der Waals surface area contributed by atoms with Gasteiger partial charge in [0.25, 0.3) is 0 Å². The first-order valence-corrected chi connectivity index (χ1v) is 5.55. The highest BCUT2D eigenvalue weighted by molar-refractivity contribution is 5.21. The Morgan fingerprint density at radius 1 is 0.929 bits per heavy atom. The van der Waals surface area contributed by atoms with Gasteiger partial charge in [-0.15, -0.1) is 0 Å². The minimum absolute atomic E-state index is 0.149. The van der Waals surface area contributed by atoms with E-state index < -0.39 is 0 Å². The van der Waals surface area contributed by atoms with E-state index in [0.717, 1.165) is 5.56 Å². The molecule has 0 aliphatic heterocycles. The lowest BCUT2D eigenvalue weighted by atomic mass is 10.0. The van der Waals surface area contributed by atoms with Crippen LogP contribution in [0, 0.1) is 0 Å². The van der Waals surface area contributed by atoms with Crippen LogP contribution in [0.1, 0.15) is 43.7 Å². The molecule has 0 amide bonds. The molecule has 0 spiro atoms. The third kappa shape index (κ3) is 3.93. The molecule has 0 aliphatic rings. The van der Waals surface area contributed by atoms with E-state index in [1.807, 2.05) is 12.1 Å². The van der Waals surface area contributed by atoms with Gasteiger partial charge in [-0.1, -0.05) is 50.5 Å². The molecule has 0 saturated carbocycles. The van der Waals surface area contributed by atoms with Gasteiger partial charge in [-0.05, 0) is 24.0 Å². The van der Waals surface area contributed by atoms with E-state index in [0.29, 0.717) is 0 Å². The third-order valence-corrected chi connectivity index (χ3v) is 2.52. The molecule has 14 heavy (non-hydrogen) atoms. The SMILES string of the molecule is CCCCCCc1ccc(CO)cc1. The van der Waals surface area contributed by atoms with Crippen LogP contribution in [-0.2, 0) is 13.0 Å². The normalized spacial score (nSPS) is 10.4. The van der Waals surface area contributed by atoms with E-state index in [4.69, 9.17) is 5.11 Å². The van der Waals surface area contributed by atoms with Gasteiger partial charge in [0.1, 0.15) is 0 Å². The lowest BCUT2D eigenvalue weighted by Gasteiger charge is -2.02. The zero-order valence-electron chi connectivity index (χ0n) is 9.00. The topological polar surface area (TPSA) is 20.2 Å². The van der Waals surface area contributed by atoms with Gasteiger partial charge in [-0.25, -0.2) is 0 Å². The molecule has 1 rings (SSSR count). The number of hydrogen-bond donors (Lipinski definition) is 1. The van der Waals surface area contributed by atoms with Crippen molar-refractivity contribution in [2.24, 2.45) is 0 Å². The largest absolute Gasteiger partial charge is 0.392 e. The Kier molecular flexibility index (Phi) is 5.31. The standard InChI is InChI=1S/C13H20O/c1-2-3-4-5-6-12-7-9-13(11-14)10-8-12/h7-10,14H,2-6,11H2,1H3. The molecule has 1 nitrogen and oxygen atoms in total. The summed E-state index contributed by atoms with van der Waals surface area (Å²) in [5, 5.41) is 8.87. The maximum absolute atomic E-state index is 8.87. The average molecular weight is 192 g/mol. The fraction of sp³-hybridized carbons (Fsp3) is 0.538. The second-order valence-corrected chi connectivity index (χ2v) is 3.79. The molecule has 78 valence electrons. The molecule has 1 N–H and O–H groups in total. The second kappa shape index (κ2) is 6.61. The molecule has 0 atom stereocenters. The summed E-state index contributed by atoms with van der Waals surface area (Å²) in [6.07, 6.45) is 6.43. The fourth-order valence-electron chi connectivity index (χ4n) is 1.57.